The Kier molecular flexibility index (Phi) is 6.64. The zero-order valence-corrected chi connectivity index (χ0v) is 19.1. The van der Waals surface area contributed by atoms with Crippen molar-refractivity contribution in [1.29, 1.82) is 0 Å². The lowest BCUT2D eigenvalue weighted by Gasteiger charge is -2.37. The number of sulfonamides is 1. The number of aromatic nitrogens is 2. The predicted molar refractivity (Wildman–Crippen MR) is 117 cm³/mol. The van der Waals surface area contributed by atoms with Crippen LogP contribution in [0.2, 0.25) is 0 Å². The molecule has 1 saturated heterocycles. The van der Waals surface area contributed by atoms with Crippen LogP contribution in [0.4, 0.5) is 5.82 Å². The van der Waals surface area contributed by atoms with Gasteiger partial charge in [-0.05, 0) is 51.8 Å². The molecule has 1 aliphatic heterocycles. The van der Waals surface area contributed by atoms with Gasteiger partial charge in [-0.25, -0.2) is 13.1 Å². The number of piperazine rings is 1. The van der Waals surface area contributed by atoms with E-state index in [1.165, 1.54) is 4.31 Å². The molecular formula is C21H31N5O3S. The maximum Gasteiger partial charge on any atom is 0.243 e. The Morgan fingerprint density at radius 2 is 1.73 bits per heavy atom. The molecule has 2 heterocycles. The first-order chi connectivity index (χ1) is 14.1. The lowest BCUT2D eigenvalue weighted by molar-refractivity contribution is -0.121. The van der Waals surface area contributed by atoms with E-state index in [9.17, 15) is 13.2 Å². The molecule has 164 valence electrons. The van der Waals surface area contributed by atoms with Crippen molar-refractivity contribution in [1.82, 2.24) is 19.0 Å². The Bertz CT molecular complexity index is 1010. The maximum atomic E-state index is 13.1. The van der Waals surface area contributed by atoms with Crippen LogP contribution in [0.25, 0.3) is 0 Å². The number of rotatable bonds is 6. The van der Waals surface area contributed by atoms with E-state index in [0.717, 1.165) is 11.1 Å². The van der Waals surface area contributed by atoms with E-state index in [2.05, 4.69) is 10.4 Å². The van der Waals surface area contributed by atoms with Crippen molar-refractivity contribution < 1.29 is 13.2 Å². The van der Waals surface area contributed by atoms with E-state index in [1.54, 1.807) is 23.0 Å². The van der Waals surface area contributed by atoms with E-state index in [-0.39, 0.29) is 18.0 Å². The van der Waals surface area contributed by atoms with E-state index >= 15 is 0 Å². The minimum atomic E-state index is -3.55. The molecule has 3 rings (SSSR count). The van der Waals surface area contributed by atoms with Crippen LogP contribution >= 0.6 is 0 Å². The summed E-state index contributed by atoms with van der Waals surface area (Å²) < 4.78 is 29.5. The monoisotopic (exact) mass is 433 g/mol. The van der Waals surface area contributed by atoms with Gasteiger partial charge in [-0.1, -0.05) is 12.1 Å². The number of hydrogen-bond donors (Lipinski definition) is 1. The number of amides is 1. The van der Waals surface area contributed by atoms with Gasteiger partial charge in [-0.3, -0.25) is 9.69 Å². The molecule has 2 aromatic rings. The van der Waals surface area contributed by atoms with Crippen molar-refractivity contribution >= 4 is 21.7 Å². The van der Waals surface area contributed by atoms with Gasteiger partial charge in [-0.15, -0.1) is 0 Å². The summed E-state index contributed by atoms with van der Waals surface area (Å²) in [7, 11) is -3.55. The summed E-state index contributed by atoms with van der Waals surface area (Å²) in [5, 5.41) is 7.17. The van der Waals surface area contributed by atoms with Gasteiger partial charge < -0.3 is 5.32 Å². The fourth-order valence-corrected chi connectivity index (χ4v) is 5.41. The van der Waals surface area contributed by atoms with Gasteiger partial charge in [0, 0.05) is 38.3 Å². The zero-order valence-electron chi connectivity index (χ0n) is 18.3. The minimum absolute atomic E-state index is 0.122. The number of aryl methyl sites for hydroxylation is 2. The second kappa shape index (κ2) is 8.87. The van der Waals surface area contributed by atoms with Crippen molar-refractivity contribution in [2.45, 2.75) is 51.6 Å². The molecule has 1 N–H and O–H groups in total. The fourth-order valence-electron chi connectivity index (χ4n) is 3.68. The maximum absolute atomic E-state index is 13.1. The van der Waals surface area contributed by atoms with Crippen molar-refractivity contribution in [2.24, 2.45) is 0 Å². The molecule has 1 atom stereocenters. The van der Waals surface area contributed by atoms with Crippen LogP contribution in [0.15, 0.2) is 35.4 Å². The van der Waals surface area contributed by atoms with E-state index in [0.29, 0.717) is 36.9 Å². The van der Waals surface area contributed by atoms with E-state index in [1.807, 2.05) is 51.7 Å². The largest absolute Gasteiger partial charge is 0.310 e. The number of carbonyl (C=O) groups excluding carboxylic acids is 1. The van der Waals surface area contributed by atoms with Crippen LogP contribution in [0.5, 0.6) is 0 Å². The fraction of sp³-hybridized carbons (Fsp3) is 0.524. The van der Waals surface area contributed by atoms with Crippen molar-refractivity contribution in [3.8, 4) is 0 Å². The van der Waals surface area contributed by atoms with Crippen molar-refractivity contribution in [3.63, 3.8) is 0 Å². The highest BCUT2D eigenvalue weighted by atomic mass is 32.2. The summed E-state index contributed by atoms with van der Waals surface area (Å²) in [6.45, 7) is 11.3. The highest BCUT2D eigenvalue weighted by Crippen LogP contribution is 2.23. The third-order valence-corrected chi connectivity index (χ3v) is 7.61. The molecular weight excluding hydrogens is 402 g/mol. The van der Waals surface area contributed by atoms with Gasteiger partial charge in [0.1, 0.15) is 5.82 Å². The summed E-state index contributed by atoms with van der Waals surface area (Å²) in [6, 6.07) is 7.03. The SMILES string of the molecule is Cc1ccc(C)c(S(=O)(=O)N2CCN(C(C)C(=O)Nc3ccnn3C(C)C)CC2)c1. The van der Waals surface area contributed by atoms with Crippen LogP contribution < -0.4 is 5.32 Å². The number of hydrogen-bond acceptors (Lipinski definition) is 5. The summed E-state index contributed by atoms with van der Waals surface area (Å²) in [5.74, 6) is 0.543. The van der Waals surface area contributed by atoms with Crippen molar-refractivity contribution in [2.75, 3.05) is 31.5 Å². The van der Waals surface area contributed by atoms with Crippen LogP contribution in [-0.4, -0.2) is 65.5 Å². The van der Waals surface area contributed by atoms with Gasteiger partial charge in [-0.2, -0.15) is 9.40 Å². The molecule has 1 aliphatic rings. The van der Waals surface area contributed by atoms with Gasteiger partial charge >= 0.3 is 0 Å². The Balaban J connectivity index is 1.64. The smallest absolute Gasteiger partial charge is 0.243 e. The normalized spacial score (nSPS) is 17.3. The zero-order chi connectivity index (χ0) is 22.1. The minimum Gasteiger partial charge on any atom is -0.310 e. The first-order valence-electron chi connectivity index (χ1n) is 10.3. The molecule has 0 spiro atoms. The second-order valence-electron chi connectivity index (χ2n) is 8.13. The summed E-state index contributed by atoms with van der Waals surface area (Å²) in [6.07, 6.45) is 1.66. The number of anilines is 1. The Morgan fingerprint density at radius 3 is 2.37 bits per heavy atom. The number of nitrogens with zero attached hydrogens (tertiary/aromatic N) is 4. The topological polar surface area (TPSA) is 87.5 Å². The van der Waals surface area contributed by atoms with Crippen LogP contribution in [-0.2, 0) is 14.8 Å². The molecule has 0 radical (unpaired) electrons. The summed E-state index contributed by atoms with van der Waals surface area (Å²) in [5.41, 5.74) is 1.67. The Hall–Kier alpha value is -2.23. The molecule has 0 saturated carbocycles. The molecule has 0 bridgehead atoms. The number of carbonyl (C=O) groups is 1. The molecule has 1 amide bonds. The average molecular weight is 434 g/mol. The molecule has 1 aromatic heterocycles. The van der Waals surface area contributed by atoms with Crippen LogP contribution in [0.3, 0.4) is 0 Å². The van der Waals surface area contributed by atoms with Gasteiger partial charge in [0.15, 0.2) is 0 Å². The quantitative estimate of drug-likeness (QED) is 0.756. The number of benzene rings is 1. The molecule has 1 aromatic carbocycles. The molecule has 8 nitrogen and oxygen atoms in total. The third kappa shape index (κ3) is 4.58. The Morgan fingerprint density at radius 1 is 1.07 bits per heavy atom. The third-order valence-electron chi connectivity index (χ3n) is 5.57. The van der Waals surface area contributed by atoms with Gasteiger partial charge in [0.2, 0.25) is 15.9 Å². The Labute approximate surface area is 178 Å². The standard InChI is InChI=1S/C21H31N5O3S/c1-15(2)26-20(8-9-22-26)23-21(27)18(5)24-10-12-25(13-11-24)30(28,29)19-14-16(3)6-7-17(19)4/h6-9,14-15,18H,10-13H2,1-5H3,(H,23,27). The van der Waals surface area contributed by atoms with Gasteiger partial charge in [0.05, 0.1) is 17.1 Å². The second-order valence-corrected chi connectivity index (χ2v) is 10.0. The lowest BCUT2D eigenvalue weighted by atomic mass is 10.2. The first kappa shape index (κ1) is 22.5. The molecule has 0 aliphatic carbocycles. The van der Waals surface area contributed by atoms with Crippen LogP contribution in [0.1, 0.15) is 37.9 Å². The molecule has 1 fully saturated rings. The predicted octanol–water partition coefficient (Wildman–Crippen LogP) is 2.41. The molecule has 1 unspecified atom stereocenters. The van der Waals surface area contributed by atoms with E-state index < -0.39 is 10.0 Å². The average Bonchev–Trinajstić information content (AvgIpc) is 3.17. The highest BCUT2D eigenvalue weighted by molar-refractivity contribution is 7.89. The van der Waals surface area contributed by atoms with Crippen molar-refractivity contribution in [3.05, 3.63) is 41.6 Å². The lowest BCUT2D eigenvalue weighted by Crippen LogP contribution is -2.54. The molecule has 30 heavy (non-hydrogen) atoms. The molecule has 9 heteroatoms. The van der Waals surface area contributed by atoms with E-state index in [4.69, 9.17) is 0 Å². The van der Waals surface area contributed by atoms with Gasteiger partial charge in [0.25, 0.3) is 0 Å². The number of nitrogens with one attached hydrogen (secondary N) is 1. The highest BCUT2D eigenvalue weighted by Gasteiger charge is 2.32. The first-order valence-corrected chi connectivity index (χ1v) is 11.7. The summed E-state index contributed by atoms with van der Waals surface area (Å²) in [4.78, 5) is 15.1. The van der Waals surface area contributed by atoms with Crippen LogP contribution in [0, 0.1) is 13.8 Å². The summed E-state index contributed by atoms with van der Waals surface area (Å²) >= 11 is 0.